The number of allylic oxidation sites excluding steroid dienone is 2. The molecular weight excluding hydrogens is 222 g/mol. The van der Waals surface area contributed by atoms with Gasteiger partial charge < -0.3 is 5.11 Å². The lowest BCUT2D eigenvalue weighted by atomic mass is 10.0. The summed E-state index contributed by atoms with van der Waals surface area (Å²) in [5.41, 5.74) is 5.14. The van der Waals surface area contributed by atoms with Crippen molar-refractivity contribution in [2.24, 2.45) is 0 Å². The van der Waals surface area contributed by atoms with Gasteiger partial charge in [0.2, 0.25) is 0 Å². The van der Waals surface area contributed by atoms with Crippen molar-refractivity contribution in [2.75, 3.05) is 0 Å². The first kappa shape index (κ1) is 12.4. The van der Waals surface area contributed by atoms with Crippen LogP contribution < -0.4 is 0 Å². The van der Waals surface area contributed by atoms with E-state index in [2.05, 4.69) is 36.2 Å². The lowest BCUT2D eigenvalue weighted by Gasteiger charge is -2.06. The Hall–Kier alpha value is -2.09. The van der Waals surface area contributed by atoms with E-state index < -0.39 is 0 Å². The highest BCUT2D eigenvalue weighted by Crippen LogP contribution is 2.23. The minimum Gasteiger partial charge on any atom is -0.512 e. The van der Waals surface area contributed by atoms with E-state index in [1.165, 1.54) is 5.56 Å². The fourth-order valence-corrected chi connectivity index (χ4v) is 1.75. The number of hydrogen-bond donors (Lipinski definition) is 1. The fraction of sp³-hybridized carbons (Fsp3) is 0.188. The Morgan fingerprint density at radius 3 is 2.28 bits per heavy atom. The highest BCUT2D eigenvalue weighted by molar-refractivity contribution is 5.70. The summed E-state index contributed by atoms with van der Waals surface area (Å²) in [5.74, 6) is 0.309. The molecule has 1 heterocycles. The second-order valence-corrected chi connectivity index (χ2v) is 4.51. The summed E-state index contributed by atoms with van der Waals surface area (Å²) in [7, 11) is 0. The molecule has 0 saturated carbocycles. The highest BCUT2D eigenvalue weighted by atomic mass is 16.3. The Balaban J connectivity index is 2.45. The molecule has 18 heavy (non-hydrogen) atoms. The van der Waals surface area contributed by atoms with Crippen LogP contribution >= 0.6 is 0 Å². The van der Waals surface area contributed by atoms with Gasteiger partial charge in [-0.2, -0.15) is 0 Å². The zero-order chi connectivity index (χ0) is 13.1. The lowest BCUT2D eigenvalue weighted by Crippen LogP contribution is -1.90. The standard InChI is InChI=1S/C16H17NO/c1-11-4-6-14(7-5-11)15-8-9-17-16(10-15)12(2)13(3)18/h4-10,18H,1-3H3/b13-12-. The fourth-order valence-electron chi connectivity index (χ4n) is 1.75. The van der Waals surface area contributed by atoms with Crippen molar-refractivity contribution in [1.29, 1.82) is 0 Å². The molecule has 0 aliphatic heterocycles. The van der Waals surface area contributed by atoms with Crippen molar-refractivity contribution < 1.29 is 5.11 Å². The highest BCUT2D eigenvalue weighted by Gasteiger charge is 2.04. The van der Waals surface area contributed by atoms with Crippen molar-refractivity contribution in [1.82, 2.24) is 4.98 Å². The van der Waals surface area contributed by atoms with Crippen LogP contribution in [0.1, 0.15) is 25.1 Å². The maximum Gasteiger partial charge on any atom is 0.0942 e. The first-order valence-corrected chi connectivity index (χ1v) is 5.98. The Morgan fingerprint density at radius 1 is 1.00 bits per heavy atom. The molecule has 1 aromatic carbocycles. The number of aromatic nitrogens is 1. The van der Waals surface area contributed by atoms with E-state index in [0.29, 0.717) is 5.76 Å². The molecule has 2 aromatic rings. The number of pyridine rings is 1. The number of hydrogen-bond acceptors (Lipinski definition) is 2. The smallest absolute Gasteiger partial charge is 0.0942 e. The van der Waals surface area contributed by atoms with Crippen LogP contribution in [0.25, 0.3) is 16.7 Å². The average Bonchev–Trinajstić information content (AvgIpc) is 2.38. The van der Waals surface area contributed by atoms with Crippen LogP contribution in [0.5, 0.6) is 0 Å². The van der Waals surface area contributed by atoms with E-state index in [4.69, 9.17) is 0 Å². The summed E-state index contributed by atoms with van der Waals surface area (Å²) >= 11 is 0. The van der Waals surface area contributed by atoms with Gasteiger partial charge in [0, 0.05) is 11.8 Å². The molecule has 0 unspecified atom stereocenters. The maximum atomic E-state index is 9.51. The predicted octanol–water partition coefficient (Wildman–Crippen LogP) is 4.37. The van der Waals surface area contributed by atoms with Crippen molar-refractivity contribution >= 4 is 5.57 Å². The average molecular weight is 239 g/mol. The summed E-state index contributed by atoms with van der Waals surface area (Å²) in [6.45, 7) is 5.62. The molecule has 0 spiro atoms. The van der Waals surface area contributed by atoms with Crippen molar-refractivity contribution in [3.63, 3.8) is 0 Å². The molecule has 0 aliphatic carbocycles. The molecule has 0 aliphatic rings. The number of rotatable bonds is 2. The molecule has 2 heteroatoms. The number of aliphatic hydroxyl groups excluding tert-OH is 1. The Morgan fingerprint density at radius 2 is 1.67 bits per heavy atom. The van der Waals surface area contributed by atoms with Crippen molar-refractivity contribution in [2.45, 2.75) is 20.8 Å². The Kier molecular flexibility index (Phi) is 3.47. The normalized spacial score (nSPS) is 12.2. The number of aliphatic hydroxyl groups is 1. The minimum atomic E-state index is 0.309. The van der Waals surface area contributed by atoms with Gasteiger partial charge in [-0.3, -0.25) is 4.98 Å². The number of nitrogens with zero attached hydrogens (tertiary/aromatic N) is 1. The summed E-state index contributed by atoms with van der Waals surface area (Å²) in [4.78, 5) is 4.29. The van der Waals surface area contributed by atoms with Crippen LogP contribution in [0.2, 0.25) is 0 Å². The third kappa shape index (κ3) is 2.59. The second kappa shape index (κ2) is 5.05. The van der Waals surface area contributed by atoms with Crippen LogP contribution in [0, 0.1) is 6.92 Å². The molecular formula is C16H17NO. The SMILES string of the molecule is C/C(O)=C(\C)c1cc(-c2ccc(C)cc2)ccn1. The Labute approximate surface area is 108 Å². The number of aryl methyl sites for hydroxylation is 1. The second-order valence-electron chi connectivity index (χ2n) is 4.51. The lowest BCUT2D eigenvalue weighted by molar-refractivity contribution is 0.416. The molecule has 1 N–H and O–H groups in total. The zero-order valence-corrected chi connectivity index (χ0v) is 10.9. The van der Waals surface area contributed by atoms with E-state index in [1.807, 2.05) is 19.1 Å². The summed E-state index contributed by atoms with van der Waals surface area (Å²) < 4.78 is 0. The van der Waals surface area contributed by atoms with Gasteiger partial charge in [0.25, 0.3) is 0 Å². The monoisotopic (exact) mass is 239 g/mol. The van der Waals surface area contributed by atoms with E-state index in [-0.39, 0.29) is 0 Å². The van der Waals surface area contributed by atoms with E-state index in [9.17, 15) is 5.11 Å². The number of benzene rings is 1. The third-order valence-electron chi connectivity index (χ3n) is 3.07. The minimum absolute atomic E-state index is 0.309. The van der Waals surface area contributed by atoms with Gasteiger partial charge in [-0.05, 0) is 44.0 Å². The zero-order valence-electron chi connectivity index (χ0n) is 10.9. The van der Waals surface area contributed by atoms with Gasteiger partial charge in [-0.1, -0.05) is 29.8 Å². The van der Waals surface area contributed by atoms with Crippen molar-refractivity contribution in [3.05, 3.63) is 59.6 Å². The molecule has 0 saturated heterocycles. The summed E-state index contributed by atoms with van der Waals surface area (Å²) in [6, 6.07) is 12.4. The molecule has 0 atom stereocenters. The van der Waals surface area contributed by atoms with Gasteiger partial charge in [0.05, 0.1) is 11.5 Å². The third-order valence-corrected chi connectivity index (χ3v) is 3.07. The topological polar surface area (TPSA) is 33.1 Å². The van der Waals surface area contributed by atoms with Crippen molar-refractivity contribution in [3.8, 4) is 11.1 Å². The van der Waals surface area contributed by atoms with E-state index >= 15 is 0 Å². The van der Waals surface area contributed by atoms with E-state index in [1.54, 1.807) is 13.1 Å². The van der Waals surface area contributed by atoms with Crippen LogP contribution in [0.4, 0.5) is 0 Å². The molecule has 2 nitrogen and oxygen atoms in total. The molecule has 92 valence electrons. The van der Waals surface area contributed by atoms with E-state index in [0.717, 1.165) is 22.4 Å². The van der Waals surface area contributed by atoms with Crippen LogP contribution in [0.3, 0.4) is 0 Å². The van der Waals surface area contributed by atoms with Gasteiger partial charge in [0.1, 0.15) is 0 Å². The first-order valence-electron chi connectivity index (χ1n) is 5.98. The quantitative estimate of drug-likeness (QED) is 0.789. The molecule has 2 rings (SSSR count). The van der Waals surface area contributed by atoms with Gasteiger partial charge in [0.15, 0.2) is 0 Å². The van der Waals surface area contributed by atoms with Gasteiger partial charge >= 0.3 is 0 Å². The van der Waals surface area contributed by atoms with Gasteiger partial charge in [-0.25, -0.2) is 0 Å². The molecule has 0 amide bonds. The van der Waals surface area contributed by atoms with Gasteiger partial charge in [-0.15, -0.1) is 0 Å². The Bertz CT molecular complexity index is 578. The maximum absolute atomic E-state index is 9.51. The first-order chi connectivity index (χ1) is 8.58. The largest absolute Gasteiger partial charge is 0.512 e. The summed E-state index contributed by atoms with van der Waals surface area (Å²) in [6.07, 6.45) is 1.77. The molecule has 0 bridgehead atoms. The predicted molar refractivity (Wildman–Crippen MR) is 75.3 cm³/mol. The summed E-state index contributed by atoms with van der Waals surface area (Å²) in [5, 5.41) is 9.51. The molecule has 0 radical (unpaired) electrons. The van der Waals surface area contributed by atoms with Crippen LogP contribution in [-0.2, 0) is 0 Å². The van der Waals surface area contributed by atoms with Crippen LogP contribution in [-0.4, -0.2) is 10.1 Å². The van der Waals surface area contributed by atoms with Crippen LogP contribution in [0.15, 0.2) is 48.4 Å². The molecule has 1 aromatic heterocycles. The molecule has 0 fully saturated rings.